The van der Waals surface area contributed by atoms with Crippen LogP contribution in [0.3, 0.4) is 0 Å². The number of rotatable bonds is 7. The number of aromatic nitrogens is 1. The summed E-state index contributed by atoms with van der Waals surface area (Å²) in [4.78, 5) is 39.3. The molecule has 0 fully saturated rings. The van der Waals surface area contributed by atoms with Crippen molar-refractivity contribution >= 4 is 40.1 Å². The molecule has 2 N–H and O–H groups in total. The van der Waals surface area contributed by atoms with Gasteiger partial charge >= 0.3 is 12.1 Å². The Morgan fingerprint density at radius 3 is 2.48 bits per heavy atom. The lowest BCUT2D eigenvalue weighted by Crippen LogP contribution is -2.17. The first-order valence-corrected chi connectivity index (χ1v) is 9.11. The molecule has 0 atom stereocenters. The number of carbonyl (C=O) groups excluding carboxylic acids is 3. The summed E-state index contributed by atoms with van der Waals surface area (Å²) in [6.45, 7) is 4.20. The van der Waals surface area contributed by atoms with Crippen molar-refractivity contribution < 1.29 is 23.9 Å². The van der Waals surface area contributed by atoms with Gasteiger partial charge < -0.3 is 14.8 Å². The summed E-state index contributed by atoms with van der Waals surface area (Å²) in [7, 11) is 1.30. The Morgan fingerprint density at radius 1 is 1.15 bits per heavy atom. The number of benzene rings is 1. The minimum Gasteiger partial charge on any atom is -0.465 e. The molecule has 9 heteroatoms. The van der Waals surface area contributed by atoms with E-state index in [1.165, 1.54) is 18.4 Å². The highest BCUT2D eigenvalue weighted by Crippen LogP contribution is 2.17. The number of anilines is 2. The van der Waals surface area contributed by atoms with Crippen molar-refractivity contribution in [1.82, 2.24) is 4.98 Å². The van der Waals surface area contributed by atoms with Crippen LogP contribution in [0.2, 0.25) is 0 Å². The van der Waals surface area contributed by atoms with Crippen LogP contribution in [0.5, 0.6) is 0 Å². The van der Waals surface area contributed by atoms with E-state index in [0.29, 0.717) is 28.7 Å². The lowest BCUT2D eigenvalue weighted by atomic mass is 10.2. The fraction of sp³-hybridized carbons (Fsp3) is 0.333. The highest BCUT2D eigenvalue weighted by Gasteiger charge is 2.12. The lowest BCUT2D eigenvalue weighted by Gasteiger charge is -2.06. The topological polar surface area (TPSA) is 107 Å². The zero-order valence-electron chi connectivity index (χ0n) is 15.3. The smallest absolute Gasteiger partial charge is 0.413 e. The maximum absolute atomic E-state index is 12.1. The van der Waals surface area contributed by atoms with Crippen LogP contribution in [0.15, 0.2) is 29.6 Å². The number of hydrogen-bond acceptors (Lipinski definition) is 7. The van der Waals surface area contributed by atoms with Gasteiger partial charge in [0.15, 0.2) is 5.13 Å². The maximum Gasteiger partial charge on any atom is 0.413 e. The number of methoxy groups -OCH3 is 1. The third-order valence-corrected chi connectivity index (χ3v) is 4.05. The molecule has 0 radical (unpaired) electrons. The molecule has 8 nitrogen and oxygen atoms in total. The first kappa shape index (κ1) is 20.4. The number of ether oxygens (including phenoxy) is 2. The second-order valence-corrected chi connectivity index (χ2v) is 6.91. The molecule has 27 heavy (non-hydrogen) atoms. The minimum absolute atomic E-state index is 0.0535. The van der Waals surface area contributed by atoms with Crippen molar-refractivity contribution in [3.8, 4) is 0 Å². The van der Waals surface area contributed by atoms with Crippen LogP contribution < -0.4 is 10.6 Å². The van der Waals surface area contributed by atoms with E-state index in [1.807, 2.05) is 13.8 Å². The van der Waals surface area contributed by atoms with Gasteiger partial charge in [0.05, 0.1) is 31.4 Å². The van der Waals surface area contributed by atoms with Crippen molar-refractivity contribution in [2.24, 2.45) is 5.92 Å². The molecular weight excluding hydrogens is 370 g/mol. The van der Waals surface area contributed by atoms with Crippen molar-refractivity contribution in [2.75, 3.05) is 24.4 Å². The molecule has 1 aromatic carbocycles. The summed E-state index contributed by atoms with van der Waals surface area (Å²) in [5.41, 5.74) is 1.48. The molecule has 0 aliphatic carbocycles. The summed E-state index contributed by atoms with van der Waals surface area (Å²) < 4.78 is 9.64. The van der Waals surface area contributed by atoms with Gasteiger partial charge in [-0.2, -0.15) is 0 Å². The molecule has 0 aliphatic rings. The second kappa shape index (κ2) is 9.67. The Labute approximate surface area is 160 Å². The van der Waals surface area contributed by atoms with Gasteiger partial charge in [0, 0.05) is 11.1 Å². The number of carbonyl (C=O) groups is 3. The minimum atomic E-state index is -0.570. The first-order valence-electron chi connectivity index (χ1n) is 8.23. The van der Waals surface area contributed by atoms with Crippen molar-refractivity contribution in [1.29, 1.82) is 0 Å². The van der Waals surface area contributed by atoms with Crippen LogP contribution in [-0.2, 0) is 20.7 Å². The van der Waals surface area contributed by atoms with Gasteiger partial charge in [-0.05, 0) is 30.2 Å². The van der Waals surface area contributed by atoms with Crippen LogP contribution in [0.4, 0.5) is 15.6 Å². The fourth-order valence-corrected chi connectivity index (χ4v) is 2.68. The van der Waals surface area contributed by atoms with Crippen LogP contribution in [0, 0.1) is 5.92 Å². The quantitative estimate of drug-likeness (QED) is 0.701. The zero-order chi connectivity index (χ0) is 19.8. The van der Waals surface area contributed by atoms with Crippen molar-refractivity contribution in [2.45, 2.75) is 20.3 Å². The van der Waals surface area contributed by atoms with E-state index in [4.69, 9.17) is 4.74 Å². The molecule has 0 aliphatic heterocycles. The number of amides is 2. The van der Waals surface area contributed by atoms with E-state index < -0.39 is 12.1 Å². The van der Waals surface area contributed by atoms with E-state index >= 15 is 0 Å². The molecule has 0 unspecified atom stereocenters. The number of hydrogen-bond donors (Lipinski definition) is 2. The van der Waals surface area contributed by atoms with E-state index in [9.17, 15) is 14.4 Å². The molecule has 0 saturated carbocycles. The average molecular weight is 391 g/mol. The van der Waals surface area contributed by atoms with Crippen molar-refractivity contribution in [3.05, 3.63) is 40.9 Å². The number of esters is 1. The SMILES string of the molecule is COC(=O)c1ccc(NC(=O)Cc2csc(NC(=O)OCC(C)C)n2)cc1. The number of nitrogens with zero attached hydrogens (tertiary/aromatic N) is 1. The third-order valence-electron chi connectivity index (χ3n) is 3.24. The lowest BCUT2D eigenvalue weighted by molar-refractivity contribution is -0.115. The highest BCUT2D eigenvalue weighted by molar-refractivity contribution is 7.13. The summed E-state index contributed by atoms with van der Waals surface area (Å²) in [5.74, 6) is -0.463. The molecule has 2 aromatic rings. The van der Waals surface area contributed by atoms with Gasteiger partial charge in [0.1, 0.15) is 0 Å². The van der Waals surface area contributed by atoms with Crippen LogP contribution >= 0.6 is 11.3 Å². The molecule has 0 spiro atoms. The van der Waals surface area contributed by atoms with E-state index in [2.05, 4.69) is 20.4 Å². The summed E-state index contributed by atoms with van der Waals surface area (Å²) in [6.07, 6.45) is -0.516. The largest absolute Gasteiger partial charge is 0.465 e. The number of nitrogens with one attached hydrogen (secondary N) is 2. The third kappa shape index (κ3) is 6.70. The summed E-state index contributed by atoms with van der Waals surface area (Å²) in [6, 6.07) is 6.36. The highest BCUT2D eigenvalue weighted by atomic mass is 32.1. The van der Waals surface area contributed by atoms with Gasteiger partial charge in [-0.15, -0.1) is 11.3 Å². The molecule has 1 heterocycles. The molecule has 2 rings (SSSR count). The normalized spacial score (nSPS) is 10.4. The Bertz CT molecular complexity index is 802. The first-order chi connectivity index (χ1) is 12.9. The van der Waals surface area contributed by atoms with Crippen LogP contribution in [-0.4, -0.2) is 36.7 Å². The van der Waals surface area contributed by atoms with Gasteiger partial charge in [-0.1, -0.05) is 13.8 Å². The van der Waals surface area contributed by atoms with Gasteiger partial charge in [-0.3, -0.25) is 10.1 Å². The average Bonchev–Trinajstić information content (AvgIpc) is 3.06. The molecule has 0 saturated heterocycles. The summed E-state index contributed by atoms with van der Waals surface area (Å²) in [5, 5.41) is 7.31. The predicted octanol–water partition coefficient (Wildman–Crippen LogP) is 3.32. The van der Waals surface area contributed by atoms with Gasteiger partial charge in [0.25, 0.3) is 0 Å². The monoisotopic (exact) mass is 391 g/mol. The fourth-order valence-electron chi connectivity index (χ4n) is 1.99. The molecule has 2 amide bonds. The maximum atomic E-state index is 12.1. The van der Waals surface area contributed by atoms with Crippen LogP contribution in [0.1, 0.15) is 29.9 Å². The van der Waals surface area contributed by atoms with Crippen LogP contribution in [0.25, 0.3) is 0 Å². The van der Waals surface area contributed by atoms with E-state index in [1.54, 1.807) is 29.6 Å². The zero-order valence-corrected chi connectivity index (χ0v) is 16.1. The van der Waals surface area contributed by atoms with E-state index in [0.717, 1.165) is 0 Å². The molecular formula is C18H21N3O5S. The predicted molar refractivity (Wildman–Crippen MR) is 102 cm³/mol. The summed E-state index contributed by atoms with van der Waals surface area (Å²) >= 11 is 1.21. The Morgan fingerprint density at radius 2 is 1.85 bits per heavy atom. The second-order valence-electron chi connectivity index (χ2n) is 6.06. The Kier molecular flexibility index (Phi) is 7.30. The van der Waals surface area contributed by atoms with Gasteiger partial charge in [0.2, 0.25) is 5.91 Å². The van der Waals surface area contributed by atoms with E-state index in [-0.39, 0.29) is 18.2 Å². The Balaban J connectivity index is 1.85. The number of thiazole rings is 1. The molecule has 144 valence electrons. The molecule has 0 bridgehead atoms. The Hall–Kier alpha value is -2.94. The van der Waals surface area contributed by atoms with Crippen molar-refractivity contribution in [3.63, 3.8) is 0 Å². The standard InChI is InChI=1S/C18H21N3O5S/c1-11(2)9-26-18(24)21-17-20-14(10-27-17)8-15(22)19-13-6-4-12(5-7-13)16(23)25-3/h4-7,10-11H,8-9H2,1-3H3,(H,19,22)(H,20,21,24). The molecule has 1 aromatic heterocycles. The van der Waals surface area contributed by atoms with Gasteiger partial charge in [-0.25, -0.2) is 14.6 Å².